The lowest BCUT2D eigenvalue weighted by atomic mass is 9.77. The van der Waals surface area contributed by atoms with Crippen LogP contribution in [0.3, 0.4) is 0 Å². The fourth-order valence-electron chi connectivity index (χ4n) is 3.18. The molecule has 3 rings (SSSR count). The number of phenols is 1. The molecule has 124 valence electrons. The van der Waals surface area contributed by atoms with Crippen molar-refractivity contribution < 1.29 is 14.7 Å². The molecule has 0 atom stereocenters. The Morgan fingerprint density at radius 1 is 1.21 bits per heavy atom. The van der Waals surface area contributed by atoms with Crippen LogP contribution in [0.5, 0.6) is 5.75 Å². The van der Waals surface area contributed by atoms with Gasteiger partial charge in [0.2, 0.25) is 5.91 Å². The van der Waals surface area contributed by atoms with E-state index >= 15 is 0 Å². The van der Waals surface area contributed by atoms with Crippen LogP contribution >= 0.6 is 0 Å². The van der Waals surface area contributed by atoms with E-state index in [0.29, 0.717) is 22.5 Å². The summed E-state index contributed by atoms with van der Waals surface area (Å²) in [6.45, 7) is 5.66. The summed E-state index contributed by atoms with van der Waals surface area (Å²) in [6, 6.07) is 10.6. The number of carbonyl (C=O) groups is 2. The highest BCUT2D eigenvalue weighted by molar-refractivity contribution is 6.06. The smallest absolute Gasteiger partial charge is 0.256 e. The van der Waals surface area contributed by atoms with Gasteiger partial charge in [0.1, 0.15) is 5.75 Å². The Bertz CT molecular complexity index is 841. The molecule has 0 spiro atoms. The number of benzene rings is 2. The molecular formula is C19H20N2O3. The highest BCUT2D eigenvalue weighted by Crippen LogP contribution is 2.45. The number of phenolic OH excluding ortho intramolecular Hbond substituents is 1. The van der Waals surface area contributed by atoms with Crippen LogP contribution in [-0.4, -0.2) is 16.9 Å². The number of amides is 2. The molecule has 5 nitrogen and oxygen atoms in total. The maximum Gasteiger partial charge on any atom is 0.256 e. The van der Waals surface area contributed by atoms with Gasteiger partial charge in [-0.05, 0) is 30.7 Å². The predicted molar refractivity (Wildman–Crippen MR) is 93.5 cm³/mol. The summed E-state index contributed by atoms with van der Waals surface area (Å²) in [5.41, 5.74) is 2.48. The zero-order valence-corrected chi connectivity index (χ0v) is 13.9. The topological polar surface area (TPSA) is 78.4 Å². The van der Waals surface area contributed by atoms with Gasteiger partial charge in [-0.2, -0.15) is 0 Å². The van der Waals surface area contributed by atoms with E-state index in [1.807, 2.05) is 32.9 Å². The zero-order chi connectivity index (χ0) is 17.5. The van der Waals surface area contributed by atoms with Crippen molar-refractivity contribution in [2.45, 2.75) is 32.6 Å². The van der Waals surface area contributed by atoms with Crippen molar-refractivity contribution in [3.8, 4) is 5.75 Å². The summed E-state index contributed by atoms with van der Waals surface area (Å²) >= 11 is 0. The first kappa shape index (κ1) is 16.1. The minimum atomic E-state index is -0.509. The molecule has 0 aliphatic carbocycles. The Morgan fingerprint density at radius 2 is 1.92 bits per heavy atom. The summed E-state index contributed by atoms with van der Waals surface area (Å²) < 4.78 is 0. The van der Waals surface area contributed by atoms with E-state index in [-0.39, 0.29) is 24.0 Å². The van der Waals surface area contributed by atoms with Crippen molar-refractivity contribution in [1.82, 2.24) is 0 Å². The molecule has 2 aromatic carbocycles. The fourth-order valence-corrected chi connectivity index (χ4v) is 3.18. The second kappa shape index (κ2) is 5.67. The number of aromatic hydroxyl groups is 1. The van der Waals surface area contributed by atoms with Crippen LogP contribution in [0.15, 0.2) is 36.4 Å². The van der Waals surface area contributed by atoms with Gasteiger partial charge >= 0.3 is 0 Å². The predicted octanol–water partition coefficient (Wildman–Crippen LogP) is 3.57. The van der Waals surface area contributed by atoms with E-state index in [2.05, 4.69) is 10.6 Å². The van der Waals surface area contributed by atoms with Crippen molar-refractivity contribution >= 4 is 23.2 Å². The molecule has 5 heteroatoms. The summed E-state index contributed by atoms with van der Waals surface area (Å²) in [4.78, 5) is 24.3. The first-order valence-corrected chi connectivity index (χ1v) is 7.83. The lowest BCUT2D eigenvalue weighted by molar-refractivity contribution is -0.117. The van der Waals surface area contributed by atoms with Gasteiger partial charge in [0, 0.05) is 28.7 Å². The molecule has 2 aromatic rings. The number of rotatable bonds is 2. The quantitative estimate of drug-likeness (QED) is 0.739. The lowest BCUT2D eigenvalue weighted by Crippen LogP contribution is -2.32. The van der Waals surface area contributed by atoms with Crippen LogP contribution in [0, 0.1) is 6.92 Å². The number of fused-ring (bicyclic) bond motifs is 1. The molecule has 2 amide bonds. The van der Waals surface area contributed by atoms with Crippen molar-refractivity contribution in [1.29, 1.82) is 0 Å². The van der Waals surface area contributed by atoms with E-state index in [9.17, 15) is 14.7 Å². The lowest BCUT2D eigenvalue weighted by Gasteiger charge is -2.33. The maximum absolute atomic E-state index is 12.5. The van der Waals surface area contributed by atoms with Gasteiger partial charge in [-0.1, -0.05) is 32.0 Å². The second-order valence-electron chi connectivity index (χ2n) is 6.76. The van der Waals surface area contributed by atoms with Gasteiger partial charge in [-0.15, -0.1) is 0 Å². The first-order chi connectivity index (χ1) is 11.3. The molecule has 1 heterocycles. The van der Waals surface area contributed by atoms with E-state index in [0.717, 1.165) is 5.56 Å². The average Bonchev–Trinajstić information content (AvgIpc) is 2.48. The van der Waals surface area contributed by atoms with Gasteiger partial charge < -0.3 is 15.7 Å². The van der Waals surface area contributed by atoms with Crippen LogP contribution in [0.1, 0.15) is 41.8 Å². The van der Waals surface area contributed by atoms with Crippen LogP contribution in [0.2, 0.25) is 0 Å². The molecule has 0 fully saturated rings. The van der Waals surface area contributed by atoms with Crippen molar-refractivity contribution in [3.63, 3.8) is 0 Å². The average molecular weight is 324 g/mol. The fraction of sp³-hybridized carbons (Fsp3) is 0.263. The molecule has 0 bridgehead atoms. The maximum atomic E-state index is 12.5. The van der Waals surface area contributed by atoms with E-state index < -0.39 is 5.41 Å². The Kier molecular flexibility index (Phi) is 3.79. The zero-order valence-electron chi connectivity index (χ0n) is 13.9. The second-order valence-corrected chi connectivity index (χ2v) is 6.76. The van der Waals surface area contributed by atoms with Crippen molar-refractivity contribution in [2.75, 3.05) is 10.6 Å². The number of carbonyl (C=O) groups excluding carboxylic acids is 2. The van der Waals surface area contributed by atoms with Crippen LogP contribution in [-0.2, 0) is 10.2 Å². The van der Waals surface area contributed by atoms with E-state index in [4.69, 9.17) is 0 Å². The van der Waals surface area contributed by atoms with Crippen molar-refractivity contribution in [3.05, 3.63) is 53.1 Å². The molecular weight excluding hydrogens is 304 g/mol. The van der Waals surface area contributed by atoms with Crippen LogP contribution < -0.4 is 10.6 Å². The third-order valence-corrected chi connectivity index (χ3v) is 4.37. The minimum Gasteiger partial charge on any atom is -0.505 e. The largest absolute Gasteiger partial charge is 0.505 e. The SMILES string of the molecule is Cc1ccccc1C(=O)Nc1ccc2c(c1O)C(C)(C)CC(=O)N2. The number of aryl methyl sites for hydroxylation is 1. The Balaban J connectivity index is 1.98. The molecule has 24 heavy (non-hydrogen) atoms. The molecule has 0 radical (unpaired) electrons. The molecule has 1 aliphatic heterocycles. The first-order valence-electron chi connectivity index (χ1n) is 7.83. The normalized spacial score (nSPS) is 15.4. The van der Waals surface area contributed by atoms with Gasteiger partial charge in [0.05, 0.1) is 5.69 Å². The highest BCUT2D eigenvalue weighted by atomic mass is 16.3. The van der Waals surface area contributed by atoms with Crippen LogP contribution in [0.25, 0.3) is 0 Å². The van der Waals surface area contributed by atoms with Crippen molar-refractivity contribution in [2.24, 2.45) is 0 Å². The van der Waals surface area contributed by atoms with Gasteiger partial charge in [0.15, 0.2) is 0 Å². The van der Waals surface area contributed by atoms with Gasteiger partial charge in [-0.3, -0.25) is 9.59 Å². The third-order valence-electron chi connectivity index (χ3n) is 4.37. The minimum absolute atomic E-state index is 0.000524. The molecule has 3 N–H and O–H groups in total. The summed E-state index contributed by atoms with van der Waals surface area (Å²) in [7, 11) is 0. The Morgan fingerprint density at radius 3 is 2.62 bits per heavy atom. The monoisotopic (exact) mass is 324 g/mol. The van der Waals surface area contributed by atoms with E-state index in [1.165, 1.54) is 0 Å². The van der Waals surface area contributed by atoms with Crippen LogP contribution in [0.4, 0.5) is 11.4 Å². The third kappa shape index (κ3) is 2.73. The molecule has 1 aliphatic rings. The Hall–Kier alpha value is -2.82. The number of nitrogens with one attached hydrogen (secondary N) is 2. The molecule has 0 saturated heterocycles. The number of hydrogen-bond acceptors (Lipinski definition) is 3. The molecule has 0 unspecified atom stereocenters. The Labute approximate surface area is 140 Å². The summed E-state index contributed by atoms with van der Waals surface area (Å²) in [6.07, 6.45) is 0.281. The highest BCUT2D eigenvalue weighted by Gasteiger charge is 2.35. The van der Waals surface area contributed by atoms with E-state index in [1.54, 1.807) is 24.3 Å². The van der Waals surface area contributed by atoms with Gasteiger partial charge in [-0.25, -0.2) is 0 Å². The summed E-state index contributed by atoms with van der Waals surface area (Å²) in [5.74, 6) is -0.357. The summed E-state index contributed by atoms with van der Waals surface area (Å²) in [5, 5.41) is 16.2. The number of hydrogen-bond donors (Lipinski definition) is 3. The molecule has 0 saturated carbocycles. The molecule has 0 aromatic heterocycles. The number of anilines is 2. The standard InChI is InChI=1S/C19H20N2O3/c1-11-6-4-5-7-12(11)18(24)21-14-9-8-13-16(17(14)23)19(2,3)10-15(22)20-13/h4-9,23H,10H2,1-3H3,(H,20,22)(H,21,24). The van der Waals surface area contributed by atoms with Gasteiger partial charge in [0.25, 0.3) is 5.91 Å².